The predicted octanol–water partition coefficient (Wildman–Crippen LogP) is 3.74. The molecule has 2 N–H and O–H groups in total. The summed E-state index contributed by atoms with van der Waals surface area (Å²) in [5.41, 5.74) is 3.45. The molecular weight excluding hydrogens is 248 g/mol. The predicted molar refractivity (Wildman–Crippen MR) is 84.2 cm³/mol. The van der Waals surface area contributed by atoms with Gasteiger partial charge >= 0.3 is 0 Å². The van der Waals surface area contributed by atoms with Gasteiger partial charge in [0, 0.05) is 24.3 Å². The van der Waals surface area contributed by atoms with Gasteiger partial charge in [0.2, 0.25) is 0 Å². The van der Waals surface area contributed by atoms with Gasteiger partial charge in [-0.25, -0.2) is 0 Å². The Hall–Kier alpha value is -1.51. The third kappa shape index (κ3) is 3.53. The fourth-order valence-corrected chi connectivity index (χ4v) is 3.15. The number of benzene rings is 1. The second-order valence-electron chi connectivity index (χ2n) is 6.71. The average Bonchev–Trinajstić information content (AvgIpc) is 2.39. The van der Waals surface area contributed by atoms with E-state index in [1.165, 1.54) is 25.7 Å². The summed E-state index contributed by atoms with van der Waals surface area (Å²) in [5.74, 6) is -0.0292. The first-order valence-corrected chi connectivity index (χ1v) is 7.50. The topological polar surface area (TPSA) is 41.1 Å². The molecule has 1 atom stereocenters. The maximum atomic E-state index is 11.6. The lowest BCUT2D eigenvalue weighted by Crippen LogP contribution is -2.32. The summed E-state index contributed by atoms with van der Waals surface area (Å²) < 4.78 is 0. The van der Waals surface area contributed by atoms with Gasteiger partial charge in [-0.3, -0.25) is 4.79 Å². The minimum Gasteiger partial charge on any atom is -0.382 e. The zero-order valence-electron chi connectivity index (χ0n) is 13.0. The average molecular weight is 274 g/mol. The van der Waals surface area contributed by atoms with E-state index in [1.54, 1.807) is 7.05 Å². The summed E-state index contributed by atoms with van der Waals surface area (Å²) in [6.45, 7) is 6.76. The van der Waals surface area contributed by atoms with Crippen molar-refractivity contribution in [3.8, 4) is 0 Å². The SMILES string of the molecule is CNC(=O)c1ccc(NC2CCCC(C)(C)C2)c(C)c1. The van der Waals surface area contributed by atoms with Gasteiger partial charge in [-0.1, -0.05) is 20.3 Å². The van der Waals surface area contributed by atoms with Crippen LogP contribution in [0.25, 0.3) is 0 Å². The summed E-state index contributed by atoms with van der Waals surface area (Å²) >= 11 is 0. The molecule has 1 aliphatic carbocycles. The smallest absolute Gasteiger partial charge is 0.251 e. The molecule has 0 spiro atoms. The van der Waals surface area contributed by atoms with Crippen molar-refractivity contribution in [3.63, 3.8) is 0 Å². The highest BCUT2D eigenvalue weighted by molar-refractivity contribution is 5.94. The Balaban J connectivity index is 2.08. The molecule has 3 heteroatoms. The van der Waals surface area contributed by atoms with Crippen LogP contribution in [0.1, 0.15) is 55.5 Å². The zero-order valence-corrected chi connectivity index (χ0v) is 13.0. The Morgan fingerprint density at radius 1 is 1.35 bits per heavy atom. The monoisotopic (exact) mass is 274 g/mol. The molecule has 1 aliphatic rings. The highest BCUT2D eigenvalue weighted by atomic mass is 16.1. The Labute approximate surface area is 122 Å². The number of nitrogens with one attached hydrogen (secondary N) is 2. The lowest BCUT2D eigenvalue weighted by atomic mass is 9.75. The van der Waals surface area contributed by atoms with Crippen LogP contribution in [0.5, 0.6) is 0 Å². The molecule has 0 aromatic heterocycles. The highest BCUT2D eigenvalue weighted by Crippen LogP contribution is 2.36. The summed E-state index contributed by atoms with van der Waals surface area (Å²) in [6.07, 6.45) is 5.06. The first-order valence-electron chi connectivity index (χ1n) is 7.50. The minimum atomic E-state index is -0.0292. The number of rotatable bonds is 3. The van der Waals surface area contributed by atoms with E-state index in [-0.39, 0.29) is 5.91 Å². The van der Waals surface area contributed by atoms with E-state index >= 15 is 0 Å². The van der Waals surface area contributed by atoms with Gasteiger partial charge < -0.3 is 10.6 Å². The normalized spacial score (nSPS) is 21.3. The van der Waals surface area contributed by atoms with Crippen LogP contribution in [-0.4, -0.2) is 19.0 Å². The Morgan fingerprint density at radius 2 is 2.10 bits per heavy atom. The Kier molecular flexibility index (Phi) is 4.36. The molecule has 2 rings (SSSR count). The second kappa shape index (κ2) is 5.86. The minimum absolute atomic E-state index is 0.0292. The molecule has 110 valence electrons. The maximum absolute atomic E-state index is 11.6. The Bertz CT molecular complexity index is 494. The van der Waals surface area contributed by atoms with Crippen LogP contribution in [0.4, 0.5) is 5.69 Å². The van der Waals surface area contributed by atoms with E-state index in [0.717, 1.165) is 16.8 Å². The van der Waals surface area contributed by atoms with Crippen LogP contribution in [0.15, 0.2) is 18.2 Å². The van der Waals surface area contributed by atoms with Crippen molar-refractivity contribution < 1.29 is 4.79 Å². The van der Waals surface area contributed by atoms with Crippen LogP contribution in [0.2, 0.25) is 0 Å². The zero-order chi connectivity index (χ0) is 14.8. The number of hydrogen-bond donors (Lipinski definition) is 2. The van der Waals surface area contributed by atoms with Crippen LogP contribution in [-0.2, 0) is 0 Å². The highest BCUT2D eigenvalue weighted by Gasteiger charge is 2.27. The molecule has 1 saturated carbocycles. The van der Waals surface area contributed by atoms with Crippen LogP contribution < -0.4 is 10.6 Å². The van der Waals surface area contributed by atoms with E-state index in [4.69, 9.17) is 0 Å². The van der Waals surface area contributed by atoms with Crippen LogP contribution in [0, 0.1) is 12.3 Å². The van der Waals surface area contributed by atoms with Crippen molar-refractivity contribution >= 4 is 11.6 Å². The second-order valence-corrected chi connectivity index (χ2v) is 6.71. The molecule has 1 fully saturated rings. The van der Waals surface area contributed by atoms with Crippen molar-refractivity contribution in [2.75, 3.05) is 12.4 Å². The molecule has 0 radical (unpaired) electrons. The van der Waals surface area contributed by atoms with E-state index in [0.29, 0.717) is 11.5 Å². The summed E-state index contributed by atoms with van der Waals surface area (Å²) in [5, 5.41) is 6.32. The molecule has 1 aromatic rings. The summed E-state index contributed by atoms with van der Waals surface area (Å²) in [7, 11) is 1.66. The van der Waals surface area contributed by atoms with Gasteiger partial charge in [-0.05, 0) is 55.4 Å². The number of carbonyl (C=O) groups excluding carboxylic acids is 1. The molecular formula is C17H26N2O. The third-order valence-corrected chi connectivity index (χ3v) is 4.28. The quantitative estimate of drug-likeness (QED) is 0.881. The summed E-state index contributed by atoms with van der Waals surface area (Å²) in [4.78, 5) is 11.6. The van der Waals surface area contributed by atoms with Gasteiger partial charge in [0.1, 0.15) is 0 Å². The first-order chi connectivity index (χ1) is 9.41. The molecule has 0 bridgehead atoms. The fraction of sp³-hybridized carbons (Fsp3) is 0.588. The standard InChI is InChI=1S/C17H26N2O/c1-12-10-13(16(20)18-4)7-8-15(12)19-14-6-5-9-17(2,3)11-14/h7-8,10,14,19H,5-6,9,11H2,1-4H3,(H,18,20). The van der Waals surface area contributed by atoms with E-state index in [2.05, 4.69) is 31.4 Å². The molecule has 3 nitrogen and oxygen atoms in total. The van der Waals surface area contributed by atoms with E-state index in [1.807, 2.05) is 18.2 Å². The maximum Gasteiger partial charge on any atom is 0.251 e. The number of amides is 1. The number of aryl methyl sites for hydroxylation is 1. The largest absolute Gasteiger partial charge is 0.382 e. The molecule has 20 heavy (non-hydrogen) atoms. The van der Waals surface area contributed by atoms with Crippen molar-refractivity contribution in [1.29, 1.82) is 0 Å². The van der Waals surface area contributed by atoms with Crippen molar-refractivity contribution in [3.05, 3.63) is 29.3 Å². The molecule has 1 amide bonds. The molecule has 0 saturated heterocycles. The number of carbonyl (C=O) groups is 1. The molecule has 1 aromatic carbocycles. The van der Waals surface area contributed by atoms with Gasteiger partial charge in [0.15, 0.2) is 0 Å². The van der Waals surface area contributed by atoms with Crippen LogP contribution >= 0.6 is 0 Å². The van der Waals surface area contributed by atoms with Crippen molar-refractivity contribution in [2.45, 2.75) is 52.5 Å². The van der Waals surface area contributed by atoms with E-state index in [9.17, 15) is 4.79 Å². The van der Waals surface area contributed by atoms with Crippen molar-refractivity contribution in [2.24, 2.45) is 5.41 Å². The summed E-state index contributed by atoms with van der Waals surface area (Å²) in [6, 6.07) is 6.42. The molecule has 1 unspecified atom stereocenters. The number of hydrogen-bond acceptors (Lipinski definition) is 2. The van der Waals surface area contributed by atoms with Crippen LogP contribution in [0.3, 0.4) is 0 Å². The molecule has 0 heterocycles. The van der Waals surface area contributed by atoms with Gasteiger partial charge in [-0.2, -0.15) is 0 Å². The first kappa shape index (κ1) is 14.9. The van der Waals surface area contributed by atoms with Gasteiger partial charge in [-0.15, -0.1) is 0 Å². The molecule has 0 aliphatic heterocycles. The third-order valence-electron chi connectivity index (χ3n) is 4.28. The van der Waals surface area contributed by atoms with Gasteiger partial charge in [0.05, 0.1) is 0 Å². The van der Waals surface area contributed by atoms with E-state index < -0.39 is 0 Å². The van der Waals surface area contributed by atoms with Crippen molar-refractivity contribution in [1.82, 2.24) is 5.32 Å². The fourth-order valence-electron chi connectivity index (χ4n) is 3.15. The lowest BCUT2D eigenvalue weighted by Gasteiger charge is -2.36. The lowest BCUT2D eigenvalue weighted by molar-refractivity contribution is 0.0963. The number of anilines is 1. The van der Waals surface area contributed by atoms with Gasteiger partial charge in [0.25, 0.3) is 5.91 Å². The Morgan fingerprint density at radius 3 is 2.70 bits per heavy atom.